The molecule has 3 rings (SSSR count). The molecule has 2 heterocycles. The number of aromatic nitrogens is 1. The summed E-state index contributed by atoms with van der Waals surface area (Å²) in [5.74, 6) is 0.845. The second kappa shape index (κ2) is 9.68. The number of hydrogen-bond donors (Lipinski definition) is 3. The highest BCUT2D eigenvalue weighted by molar-refractivity contribution is 14.0. The molecule has 1 unspecified atom stereocenters. The van der Waals surface area contributed by atoms with Gasteiger partial charge < -0.3 is 20.6 Å². The van der Waals surface area contributed by atoms with E-state index in [1.807, 2.05) is 11.8 Å². The van der Waals surface area contributed by atoms with Crippen molar-refractivity contribution >= 4 is 35.8 Å². The van der Waals surface area contributed by atoms with Crippen LogP contribution in [0.2, 0.25) is 0 Å². The lowest BCUT2D eigenvalue weighted by molar-refractivity contribution is 0.0574. The quantitative estimate of drug-likeness (QED) is 0.345. The Morgan fingerprint density at radius 2 is 2.23 bits per heavy atom. The van der Waals surface area contributed by atoms with Gasteiger partial charge in [-0.25, -0.2) is 9.37 Å². The van der Waals surface area contributed by atoms with Gasteiger partial charge in [-0.15, -0.1) is 24.0 Å². The van der Waals surface area contributed by atoms with Crippen molar-refractivity contribution in [2.45, 2.75) is 50.7 Å². The number of anilines is 1. The van der Waals surface area contributed by atoms with E-state index in [1.165, 1.54) is 6.07 Å². The first-order valence-corrected chi connectivity index (χ1v) is 9.22. The molecule has 0 radical (unpaired) electrons. The van der Waals surface area contributed by atoms with Crippen LogP contribution < -0.4 is 15.5 Å². The smallest absolute Gasteiger partial charge is 0.191 e. The summed E-state index contributed by atoms with van der Waals surface area (Å²) in [4.78, 5) is 10.7. The van der Waals surface area contributed by atoms with Gasteiger partial charge in [0.25, 0.3) is 0 Å². The predicted octanol–water partition coefficient (Wildman–Crippen LogP) is 2.28. The van der Waals surface area contributed by atoms with Gasteiger partial charge in [-0.1, -0.05) is 12.8 Å². The van der Waals surface area contributed by atoms with Gasteiger partial charge in [0.05, 0.1) is 12.1 Å². The molecule has 0 aromatic carbocycles. The van der Waals surface area contributed by atoms with Crippen LogP contribution in [0.5, 0.6) is 0 Å². The second-order valence-electron chi connectivity index (χ2n) is 7.01. The third-order valence-corrected chi connectivity index (χ3v) is 4.98. The van der Waals surface area contributed by atoms with Gasteiger partial charge in [0.15, 0.2) is 17.6 Å². The number of nitrogens with one attached hydrogen (secondary N) is 2. The highest BCUT2D eigenvalue weighted by Gasteiger charge is 2.31. The van der Waals surface area contributed by atoms with Gasteiger partial charge in [-0.3, -0.25) is 4.99 Å². The van der Waals surface area contributed by atoms with Crippen LogP contribution in [0.15, 0.2) is 23.3 Å². The Balaban J connectivity index is 0.00000243. The van der Waals surface area contributed by atoms with E-state index in [4.69, 9.17) is 0 Å². The molecule has 1 aliphatic carbocycles. The highest BCUT2D eigenvalue weighted by Crippen LogP contribution is 2.29. The fourth-order valence-electron chi connectivity index (χ4n) is 3.61. The highest BCUT2D eigenvalue weighted by atomic mass is 127. The molecule has 6 nitrogen and oxygen atoms in total. The number of rotatable bonds is 5. The molecule has 0 bridgehead atoms. The van der Waals surface area contributed by atoms with Crippen molar-refractivity contribution < 1.29 is 9.50 Å². The minimum atomic E-state index is -0.652. The maximum absolute atomic E-state index is 13.9. The number of nitrogens with zero attached hydrogens (tertiary/aromatic N) is 3. The second-order valence-corrected chi connectivity index (χ2v) is 7.01. The average Bonchev–Trinajstić information content (AvgIpc) is 3.23. The number of halogens is 2. The topological polar surface area (TPSA) is 72.8 Å². The van der Waals surface area contributed by atoms with Crippen LogP contribution in [0.3, 0.4) is 0 Å². The SMILES string of the molecule is CCNC(=NCC1(O)CCCC1)NC1CCN(c2ncccc2F)C1.I. The van der Waals surface area contributed by atoms with Gasteiger partial charge in [0, 0.05) is 31.9 Å². The summed E-state index contributed by atoms with van der Waals surface area (Å²) in [6, 6.07) is 3.23. The first kappa shape index (κ1) is 21.1. The molecule has 2 aliphatic rings. The molecule has 8 heteroatoms. The molecule has 26 heavy (non-hydrogen) atoms. The van der Waals surface area contributed by atoms with E-state index >= 15 is 0 Å². The summed E-state index contributed by atoms with van der Waals surface area (Å²) >= 11 is 0. The van der Waals surface area contributed by atoms with E-state index in [-0.39, 0.29) is 35.8 Å². The summed E-state index contributed by atoms with van der Waals surface area (Å²) in [7, 11) is 0. The normalized spacial score (nSPS) is 22.2. The first-order valence-electron chi connectivity index (χ1n) is 9.22. The van der Waals surface area contributed by atoms with Gasteiger partial charge in [0.2, 0.25) is 0 Å². The maximum Gasteiger partial charge on any atom is 0.191 e. The zero-order valence-electron chi connectivity index (χ0n) is 15.2. The lowest BCUT2D eigenvalue weighted by atomic mass is 10.0. The number of aliphatic imine (C=N–C) groups is 1. The molecule has 146 valence electrons. The Morgan fingerprint density at radius 3 is 2.92 bits per heavy atom. The Kier molecular flexibility index (Phi) is 7.87. The van der Waals surface area contributed by atoms with E-state index < -0.39 is 5.60 Å². The number of guanidine groups is 1. The van der Waals surface area contributed by atoms with Gasteiger partial charge in [-0.2, -0.15) is 0 Å². The van der Waals surface area contributed by atoms with Crippen LogP contribution in [0, 0.1) is 5.82 Å². The van der Waals surface area contributed by atoms with Crippen molar-refractivity contribution in [3.63, 3.8) is 0 Å². The summed E-state index contributed by atoms with van der Waals surface area (Å²) in [5, 5.41) is 17.1. The fraction of sp³-hybridized carbons (Fsp3) is 0.667. The van der Waals surface area contributed by atoms with Gasteiger partial charge >= 0.3 is 0 Å². The molecule has 1 atom stereocenters. The third kappa shape index (κ3) is 5.42. The van der Waals surface area contributed by atoms with Gasteiger partial charge in [-0.05, 0) is 38.3 Å². The van der Waals surface area contributed by atoms with Gasteiger partial charge in [0.1, 0.15) is 0 Å². The molecule has 2 fully saturated rings. The largest absolute Gasteiger partial charge is 0.388 e. The molecule has 1 aromatic heterocycles. The van der Waals surface area contributed by atoms with E-state index in [2.05, 4.69) is 20.6 Å². The first-order chi connectivity index (χ1) is 12.1. The van der Waals surface area contributed by atoms with E-state index in [9.17, 15) is 9.50 Å². The summed E-state index contributed by atoms with van der Waals surface area (Å²) in [6.07, 6.45) is 6.31. The Labute approximate surface area is 171 Å². The van der Waals surface area contributed by atoms with Crippen molar-refractivity contribution in [2.24, 2.45) is 4.99 Å². The standard InChI is InChI=1S/C18H28FN5O.HI/c1-2-20-17(22-13-18(25)8-3-4-9-18)23-14-7-11-24(12-14)16-15(19)6-5-10-21-16;/h5-6,10,14,25H,2-4,7-9,11-13H2,1H3,(H2,20,22,23);1H. The van der Waals surface area contributed by atoms with Crippen LogP contribution >= 0.6 is 24.0 Å². The third-order valence-electron chi connectivity index (χ3n) is 4.98. The monoisotopic (exact) mass is 477 g/mol. The van der Waals surface area contributed by atoms with Crippen LogP contribution in [-0.4, -0.2) is 53.9 Å². The Bertz CT molecular complexity index is 609. The van der Waals surface area contributed by atoms with Crippen LogP contribution in [0.25, 0.3) is 0 Å². The number of aliphatic hydroxyl groups is 1. The Hall–Kier alpha value is -1.16. The van der Waals surface area contributed by atoms with Crippen LogP contribution in [-0.2, 0) is 0 Å². The van der Waals surface area contributed by atoms with Crippen molar-refractivity contribution in [3.8, 4) is 0 Å². The molecule has 1 aromatic rings. The van der Waals surface area contributed by atoms with Crippen molar-refractivity contribution in [1.29, 1.82) is 0 Å². The zero-order valence-corrected chi connectivity index (χ0v) is 17.6. The van der Waals surface area contributed by atoms with E-state index in [0.29, 0.717) is 18.9 Å². The molecule has 1 aliphatic heterocycles. The Morgan fingerprint density at radius 1 is 1.46 bits per heavy atom. The van der Waals surface area contributed by atoms with Crippen molar-refractivity contribution in [1.82, 2.24) is 15.6 Å². The molecular weight excluding hydrogens is 448 g/mol. The molecular formula is C18H29FIN5O. The van der Waals surface area contributed by atoms with Crippen LogP contribution in [0.1, 0.15) is 39.0 Å². The predicted molar refractivity (Wildman–Crippen MR) is 113 cm³/mol. The molecule has 1 saturated carbocycles. The van der Waals surface area contributed by atoms with Crippen molar-refractivity contribution in [3.05, 3.63) is 24.1 Å². The van der Waals surface area contributed by atoms with Crippen LogP contribution in [0.4, 0.5) is 10.2 Å². The summed E-state index contributed by atoms with van der Waals surface area (Å²) in [6.45, 7) is 4.65. The lowest BCUT2D eigenvalue weighted by Gasteiger charge is -2.22. The zero-order chi connectivity index (χ0) is 17.7. The number of pyridine rings is 1. The summed E-state index contributed by atoms with van der Waals surface area (Å²) < 4.78 is 13.9. The van der Waals surface area contributed by atoms with E-state index in [1.54, 1.807) is 12.3 Å². The van der Waals surface area contributed by atoms with Crippen molar-refractivity contribution in [2.75, 3.05) is 31.1 Å². The fourth-order valence-corrected chi connectivity index (χ4v) is 3.61. The molecule has 3 N–H and O–H groups in total. The molecule has 1 saturated heterocycles. The maximum atomic E-state index is 13.9. The molecule has 0 amide bonds. The number of hydrogen-bond acceptors (Lipinski definition) is 4. The van der Waals surface area contributed by atoms with E-state index in [0.717, 1.165) is 51.2 Å². The molecule has 0 spiro atoms. The average molecular weight is 477 g/mol. The lowest BCUT2D eigenvalue weighted by Crippen LogP contribution is -2.45. The minimum absolute atomic E-state index is 0. The minimum Gasteiger partial charge on any atom is -0.388 e. The summed E-state index contributed by atoms with van der Waals surface area (Å²) in [5.41, 5.74) is -0.652.